The van der Waals surface area contributed by atoms with Gasteiger partial charge in [-0.1, -0.05) is 0 Å². The standard InChI is InChI=1S/C25H24FN5O4/c1-4-33-23-10-16-18(21-9-14(2)30-31(21)3)12-28-24(19(16)13-27-23)35-25(32)29-11-17-15-7-8-34-22(15)6-5-20(17)26/h5-6,9-10,12-13H,4,7-8,11H2,1-3H3,(H,29,32). The lowest BCUT2D eigenvalue weighted by atomic mass is 10.0. The van der Waals surface area contributed by atoms with Gasteiger partial charge in [0.25, 0.3) is 0 Å². The number of amides is 1. The first-order chi connectivity index (χ1) is 16.9. The van der Waals surface area contributed by atoms with Gasteiger partial charge in [-0.05, 0) is 32.0 Å². The number of halogens is 1. The molecule has 10 heteroatoms. The van der Waals surface area contributed by atoms with E-state index < -0.39 is 11.9 Å². The molecule has 1 N–H and O–H groups in total. The van der Waals surface area contributed by atoms with Crippen molar-refractivity contribution in [3.05, 3.63) is 59.3 Å². The molecule has 35 heavy (non-hydrogen) atoms. The van der Waals surface area contributed by atoms with Gasteiger partial charge < -0.3 is 19.5 Å². The van der Waals surface area contributed by atoms with Crippen LogP contribution in [0.5, 0.6) is 17.5 Å². The number of ether oxygens (including phenoxy) is 3. The van der Waals surface area contributed by atoms with Gasteiger partial charge in [0, 0.05) is 60.5 Å². The maximum absolute atomic E-state index is 14.4. The Balaban J connectivity index is 1.44. The van der Waals surface area contributed by atoms with Crippen molar-refractivity contribution < 1.29 is 23.4 Å². The van der Waals surface area contributed by atoms with E-state index in [1.165, 1.54) is 6.07 Å². The number of aryl methyl sites for hydroxylation is 2. The summed E-state index contributed by atoms with van der Waals surface area (Å²) in [7, 11) is 1.85. The van der Waals surface area contributed by atoms with Crippen LogP contribution in [-0.4, -0.2) is 39.1 Å². The Labute approximate surface area is 200 Å². The molecule has 0 saturated carbocycles. The molecule has 4 heterocycles. The average Bonchev–Trinajstić information content (AvgIpc) is 3.44. The van der Waals surface area contributed by atoms with E-state index in [-0.39, 0.29) is 12.4 Å². The number of nitrogens with zero attached hydrogens (tertiary/aromatic N) is 4. The number of carbonyl (C=O) groups is 1. The minimum atomic E-state index is -0.757. The monoisotopic (exact) mass is 477 g/mol. The Morgan fingerprint density at radius 1 is 1.23 bits per heavy atom. The largest absolute Gasteiger partial charge is 0.493 e. The quantitative estimate of drug-likeness (QED) is 0.446. The molecule has 1 aliphatic rings. The van der Waals surface area contributed by atoms with Gasteiger partial charge in [0.2, 0.25) is 11.8 Å². The number of hydrogen-bond donors (Lipinski definition) is 1. The molecule has 0 atom stereocenters. The average molecular weight is 477 g/mol. The van der Waals surface area contributed by atoms with E-state index in [1.807, 2.05) is 27.0 Å². The molecule has 5 rings (SSSR count). The molecule has 0 saturated heterocycles. The summed E-state index contributed by atoms with van der Waals surface area (Å²) in [5.74, 6) is 0.762. The zero-order valence-electron chi connectivity index (χ0n) is 19.6. The Kier molecular flexibility index (Phi) is 5.94. The van der Waals surface area contributed by atoms with Crippen LogP contribution in [0.3, 0.4) is 0 Å². The third-order valence-electron chi connectivity index (χ3n) is 5.82. The molecule has 0 bridgehead atoms. The minimum absolute atomic E-state index is 0.0335. The van der Waals surface area contributed by atoms with Crippen molar-refractivity contribution in [1.82, 2.24) is 25.1 Å². The number of aromatic nitrogens is 4. The van der Waals surface area contributed by atoms with E-state index in [4.69, 9.17) is 14.2 Å². The van der Waals surface area contributed by atoms with Gasteiger partial charge in [0.1, 0.15) is 11.6 Å². The smallest absolute Gasteiger partial charge is 0.414 e. The Morgan fingerprint density at radius 2 is 2.09 bits per heavy atom. The number of carbonyl (C=O) groups excluding carboxylic acids is 1. The SMILES string of the molecule is CCOc1cc2c(-c3cc(C)nn3C)cnc(OC(=O)NCc3c(F)ccc4c3CCO4)c2cn1. The van der Waals surface area contributed by atoms with Crippen LogP contribution in [0.2, 0.25) is 0 Å². The second-order valence-corrected chi connectivity index (χ2v) is 8.12. The molecule has 0 unspecified atom stereocenters. The molecule has 3 aromatic heterocycles. The van der Waals surface area contributed by atoms with E-state index >= 15 is 0 Å². The van der Waals surface area contributed by atoms with Gasteiger partial charge in [-0.2, -0.15) is 5.10 Å². The highest BCUT2D eigenvalue weighted by molar-refractivity contribution is 5.99. The summed E-state index contributed by atoms with van der Waals surface area (Å²) in [6.45, 7) is 4.70. The number of fused-ring (bicyclic) bond motifs is 2. The Hall–Kier alpha value is -4.21. The van der Waals surface area contributed by atoms with Crippen LogP contribution in [0.15, 0.2) is 36.7 Å². The van der Waals surface area contributed by atoms with Crippen molar-refractivity contribution in [3.63, 3.8) is 0 Å². The fourth-order valence-corrected chi connectivity index (χ4v) is 4.26. The van der Waals surface area contributed by atoms with E-state index in [0.29, 0.717) is 42.2 Å². The molecule has 1 amide bonds. The second kappa shape index (κ2) is 9.21. The highest BCUT2D eigenvalue weighted by Gasteiger charge is 2.21. The lowest BCUT2D eigenvalue weighted by molar-refractivity contribution is 0.198. The summed E-state index contributed by atoms with van der Waals surface area (Å²) in [5, 5.41) is 8.30. The zero-order chi connectivity index (χ0) is 24.5. The number of rotatable bonds is 6. The van der Waals surface area contributed by atoms with Crippen LogP contribution in [0.4, 0.5) is 9.18 Å². The summed E-state index contributed by atoms with van der Waals surface area (Å²) in [4.78, 5) is 21.3. The normalized spacial score (nSPS) is 12.3. The van der Waals surface area contributed by atoms with E-state index in [9.17, 15) is 9.18 Å². The molecule has 9 nitrogen and oxygen atoms in total. The Morgan fingerprint density at radius 3 is 2.86 bits per heavy atom. The molecule has 1 aromatic carbocycles. The van der Waals surface area contributed by atoms with E-state index in [2.05, 4.69) is 20.4 Å². The van der Waals surface area contributed by atoms with E-state index in [0.717, 1.165) is 27.9 Å². The van der Waals surface area contributed by atoms with Crippen molar-refractivity contribution >= 4 is 16.9 Å². The van der Waals surface area contributed by atoms with Crippen LogP contribution in [0, 0.1) is 12.7 Å². The van der Waals surface area contributed by atoms with Crippen LogP contribution < -0.4 is 19.5 Å². The summed E-state index contributed by atoms with van der Waals surface area (Å²) >= 11 is 0. The van der Waals surface area contributed by atoms with Gasteiger partial charge in [0.15, 0.2) is 0 Å². The molecular weight excluding hydrogens is 453 g/mol. The summed E-state index contributed by atoms with van der Waals surface area (Å²) < 4.78 is 32.7. The number of hydrogen-bond acceptors (Lipinski definition) is 7. The first-order valence-electron chi connectivity index (χ1n) is 11.3. The summed E-state index contributed by atoms with van der Waals surface area (Å²) in [6, 6.07) is 6.67. The third kappa shape index (κ3) is 4.34. The number of pyridine rings is 2. The summed E-state index contributed by atoms with van der Waals surface area (Å²) in [5.41, 5.74) is 3.65. The minimum Gasteiger partial charge on any atom is -0.493 e. The molecule has 1 aliphatic heterocycles. The van der Waals surface area contributed by atoms with Crippen LogP contribution in [0.1, 0.15) is 23.7 Å². The van der Waals surface area contributed by atoms with Crippen molar-refractivity contribution in [2.75, 3.05) is 13.2 Å². The predicted molar refractivity (Wildman–Crippen MR) is 126 cm³/mol. The maximum atomic E-state index is 14.4. The van der Waals surface area contributed by atoms with Gasteiger partial charge >= 0.3 is 6.09 Å². The van der Waals surface area contributed by atoms with Gasteiger partial charge in [0.05, 0.1) is 30.0 Å². The van der Waals surface area contributed by atoms with Crippen molar-refractivity contribution in [2.45, 2.75) is 26.8 Å². The Bertz CT molecular complexity index is 1440. The predicted octanol–water partition coefficient (Wildman–Crippen LogP) is 4.10. The molecule has 0 radical (unpaired) electrons. The van der Waals surface area contributed by atoms with Gasteiger partial charge in [-0.3, -0.25) is 4.68 Å². The van der Waals surface area contributed by atoms with Crippen molar-refractivity contribution in [3.8, 4) is 28.8 Å². The zero-order valence-corrected chi connectivity index (χ0v) is 19.6. The molecule has 0 aliphatic carbocycles. The molecular formula is C25H24FN5O4. The molecule has 180 valence electrons. The van der Waals surface area contributed by atoms with Crippen molar-refractivity contribution in [2.24, 2.45) is 7.05 Å². The highest BCUT2D eigenvalue weighted by atomic mass is 19.1. The third-order valence-corrected chi connectivity index (χ3v) is 5.82. The lowest BCUT2D eigenvalue weighted by Crippen LogP contribution is -2.27. The molecule has 4 aromatic rings. The van der Waals surface area contributed by atoms with E-state index in [1.54, 1.807) is 29.2 Å². The highest BCUT2D eigenvalue weighted by Crippen LogP contribution is 2.34. The van der Waals surface area contributed by atoms with Crippen LogP contribution >= 0.6 is 0 Å². The number of nitrogens with one attached hydrogen (secondary N) is 1. The van der Waals surface area contributed by atoms with Crippen molar-refractivity contribution in [1.29, 1.82) is 0 Å². The van der Waals surface area contributed by atoms with Gasteiger partial charge in [-0.25, -0.2) is 19.2 Å². The lowest BCUT2D eigenvalue weighted by Gasteiger charge is -2.13. The van der Waals surface area contributed by atoms with Gasteiger partial charge in [-0.15, -0.1) is 0 Å². The summed E-state index contributed by atoms with van der Waals surface area (Å²) in [6.07, 6.45) is 3.02. The second-order valence-electron chi connectivity index (χ2n) is 8.12. The fraction of sp³-hybridized carbons (Fsp3) is 0.280. The van der Waals surface area contributed by atoms with Crippen LogP contribution in [0.25, 0.3) is 22.0 Å². The molecule has 0 fully saturated rings. The van der Waals surface area contributed by atoms with Crippen LogP contribution in [-0.2, 0) is 20.0 Å². The first kappa shape index (κ1) is 22.6. The fourth-order valence-electron chi connectivity index (χ4n) is 4.26. The topological polar surface area (TPSA) is 100 Å². The molecule has 0 spiro atoms. The first-order valence-corrected chi connectivity index (χ1v) is 11.3. The maximum Gasteiger partial charge on any atom is 0.414 e. The number of benzene rings is 1.